The lowest BCUT2D eigenvalue weighted by Gasteiger charge is -2.27. The van der Waals surface area contributed by atoms with Crippen molar-refractivity contribution in [1.29, 1.82) is 0 Å². The molecule has 0 N–H and O–H groups in total. The topological polar surface area (TPSA) is 18.5 Å². The second-order valence-corrected chi connectivity index (χ2v) is 7.80. The Morgan fingerprint density at radius 3 is 2.27 bits per heavy atom. The van der Waals surface area contributed by atoms with Gasteiger partial charge in [-0.05, 0) is 57.3 Å². The van der Waals surface area contributed by atoms with Crippen molar-refractivity contribution in [1.82, 2.24) is 0 Å². The van der Waals surface area contributed by atoms with Gasteiger partial charge < -0.3 is 9.47 Å². The number of ether oxygens (including phenoxy) is 2. The molecule has 0 spiro atoms. The van der Waals surface area contributed by atoms with Crippen molar-refractivity contribution < 1.29 is 9.47 Å². The van der Waals surface area contributed by atoms with E-state index in [1.54, 1.807) is 0 Å². The van der Waals surface area contributed by atoms with Gasteiger partial charge in [-0.1, -0.05) is 73.6 Å². The molecular formula is C27H19BO2. The average Bonchev–Trinajstić information content (AvgIpc) is 2.79. The molecule has 6 rings (SSSR count). The Balaban J connectivity index is 1.47. The summed E-state index contributed by atoms with van der Waals surface area (Å²) in [5.74, 6) is 3.46. The molecule has 0 saturated carbocycles. The van der Waals surface area contributed by atoms with E-state index in [4.69, 9.17) is 9.47 Å². The van der Waals surface area contributed by atoms with E-state index in [0.717, 1.165) is 28.5 Å². The first-order chi connectivity index (χ1) is 14.8. The van der Waals surface area contributed by atoms with E-state index in [0.29, 0.717) is 0 Å². The van der Waals surface area contributed by atoms with E-state index < -0.39 is 0 Å². The zero-order valence-electron chi connectivity index (χ0n) is 16.6. The van der Waals surface area contributed by atoms with Gasteiger partial charge in [0.15, 0.2) is 0 Å². The van der Waals surface area contributed by atoms with Crippen molar-refractivity contribution in [2.24, 2.45) is 0 Å². The van der Waals surface area contributed by atoms with Crippen molar-refractivity contribution in [3.05, 3.63) is 97.1 Å². The molecule has 0 bridgehead atoms. The van der Waals surface area contributed by atoms with Crippen LogP contribution in [0.5, 0.6) is 23.0 Å². The Labute approximate surface area is 175 Å². The van der Waals surface area contributed by atoms with E-state index in [1.807, 2.05) is 24.3 Å². The number of rotatable bonds is 2. The van der Waals surface area contributed by atoms with Gasteiger partial charge >= 0.3 is 0 Å². The van der Waals surface area contributed by atoms with Crippen LogP contribution in [0.15, 0.2) is 97.1 Å². The zero-order chi connectivity index (χ0) is 20.1. The van der Waals surface area contributed by atoms with E-state index in [9.17, 15) is 0 Å². The van der Waals surface area contributed by atoms with Crippen LogP contribution in [-0.4, -0.2) is 6.71 Å². The van der Waals surface area contributed by atoms with Gasteiger partial charge in [-0.25, -0.2) is 0 Å². The molecule has 0 aliphatic carbocycles. The van der Waals surface area contributed by atoms with Crippen LogP contribution in [-0.2, 0) is 0 Å². The fourth-order valence-electron chi connectivity index (χ4n) is 4.56. The molecule has 1 heterocycles. The Morgan fingerprint density at radius 2 is 1.37 bits per heavy atom. The molecule has 3 heteroatoms. The molecule has 0 saturated heterocycles. The first-order valence-electron chi connectivity index (χ1n) is 10.3. The van der Waals surface area contributed by atoms with Crippen molar-refractivity contribution in [3.8, 4) is 23.0 Å². The summed E-state index contributed by atoms with van der Waals surface area (Å²) >= 11 is 0. The second kappa shape index (κ2) is 6.67. The maximum absolute atomic E-state index is 6.40. The Morgan fingerprint density at radius 1 is 0.633 bits per heavy atom. The van der Waals surface area contributed by atoms with Crippen LogP contribution in [0.4, 0.5) is 0 Å². The van der Waals surface area contributed by atoms with Crippen molar-refractivity contribution in [2.45, 2.75) is 6.82 Å². The predicted molar refractivity (Wildman–Crippen MR) is 125 cm³/mol. The smallest absolute Gasteiger partial charge is 0.221 e. The molecule has 1 aliphatic rings. The molecule has 2 nitrogen and oxygen atoms in total. The minimum atomic E-state index is 0.159. The molecule has 0 amide bonds. The van der Waals surface area contributed by atoms with Crippen LogP contribution < -0.4 is 20.4 Å². The minimum Gasteiger partial charge on any atom is -0.458 e. The third kappa shape index (κ3) is 2.67. The van der Waals surface area contributed by atoms with Gasteiger partial charge in [0.05, 0.1) is 0 Å². The summed E-state index contributed by atoms with van der Waals surface area (Å²) in [6, 6.07) is 33.3. The van der Waals surface area contributed by atoms with E-state index in [1.165, 1.54) is 27.0 Å². The maximum atomic E-state index is 6.40. The normalized spacial score (nSPS) is 12.4. The Hall–Kier alpha value is -3.72. The number of fused-ring (bicyclic) bond motifs is 5. The molecule has 0 unspecified atom stereocenters. The van der Waals surface area contributed by atoms with Crippen LogP contribution in [0, 0.1) is 0 Å². The number of hydrogen-bond donors (Lipinski definition) is 0. The first kappa shape index (κ1) is 17.2. The minimum absolute atomic E-state index is 0.159. The molecule has 0 fully saturated rings. The van der Waals surface area contributed by atoms with E-state index in [2.05, 4.69) is 79.6 Å². The van der Waals surface area contributed by atoms with Crippen LogP contribution >= 0.6 is 0 Å². The van der Waals surface area contributed by atoms with Crippen molar-refractivity contribution in [3.63, 3.8) is 0 Å². The lowest BCUT2D eigenvalue weighted by Crippen LogP contribution is -2.44. The molecule has 5 aromatic carbocycles. The van der Waals surface area contributed by atoms with Crippen LogP contribution in [0.2, 0.25) is 6.82 Å². The highest BCUT2D eigenvalue weighted by atomic mass is 16.5. The molecule has 0 aromatic heterocycles. The monoisotopic (exact) mass is 386 g/mol. The van der Waals surface area contributed by atoms with Gasteiger partial charge in [-0.3, -0.25) is 0 Å². The van der Waals surface area contributed by atoms with Crippen molar-refractivity contribution >= 4 is 39.2 Å². The fraction of sp³-hybridized carbons (Fsp3) is 0.0370. The van der Waals surface area contributed by atoms with E-state index >= 15 is 0 Å². The molecule has 0 atom stereocenters. The molecule has 142 valence electrons. The zero-order valence-corrected chi connectivity index (χ0v) is 16.6. The summed E-state index contributed by atoms with van der Waals surface area (Å²) in [5, 5.41) is 4.83. The summed E-state index contributed by atoms with van der Waals surface area (Å²) < 4.78 is 12.7. The SMILES string of the molecule is CB1c2c(Oc3ccc4ccccc4c3)cccc2Oc2ccc3ccccc3c21. The lowest BCUT2D eigenvalue weighted by molar-refractivity contribution is 0.467. The summed E-state index contributed by atoms with van der Waals surface area (Å²) in [7, 11) is 0. The third-order valence-corrected chi connectivity index (χ3v) is 5.99. The summed E-state index contributed by atoms with van der Waals surface area (Å²) in [5.41, 5.74) is 2.31. The molecule has 5 aromatic rings. The third-order valence-electron chi connectivity index (χ3n) is 5.99. The Bertz CT molecular complexity index is 1420. The maximum Gasteiger partial charge on any atom is 0.221 e. The van der Waals surface area contributed by atoms with Gasteiger partial charge in [0, 0.05) is 5.46 Å². The molecule has 1 aliphatic heterocycles. The molecule has 0 radical (unpaired) electrons. The van der Waals surface area contributed by atoms with Crippen LogP contribution in [0.25, 0.3) is 21.5 Å². The first-order valence-corrected chi connectivity index (χ1v) is 10.3. The van der Waals surface area contributed by atoms with Gasteiger partial charge in [-0.15, -0.1) is 0 Å². The largest absolute Gasteiger partial charge is 0.458 e. The molecular weight excluding hydrogens is 367 g/mol. The van der Waals surface area contributed by atoms with Crippen LogP contribution in [0.1, 0.15) is 0 Å². The quantitative estimate of drug-likeness (QED) is 0.340. The highest BCUT2D eigenvalue weighted by molar-refractivity contribution is 6.88. The highest BCUT2D eigenvalue weighted by Gasteiger charge is 2.31. The summed E-state index contributed by atoms with van der Waals surface area (Å²) in [6.07, 6.45) is 0. The molecule has 30 heavy (non-hydrogen) atoms. The summed E-state index contributed by atoms with van der Waals surface area (Å²) in [4.78, 5) is 0. The van der Waals surface area contributed by atoms with Gasteiger partial charge in [0.25, 0.3) is 0 Å². The standard InChI is InChI=1S/C27H19BO2/c1-28-26-22-10-5-4-8-19(22)14-16-25(26)30-24-12-6-11-23(27(24)28)29-21-15-13-18-7-2-3-9-20(18)17-21/h2-17H,1H3. The van der Waals surface area contributed by atoms with Gasteiger partial charge in [-0.2, -0.15) is 0 Å². The fourth-order valence-corrected chi connectivity index (χ4v) is 4.56. The predicted octanol–water partition coefficient (Wildman–Crippen LogP) is 6.13. The second-order valence-electron chi connectivity index (χ2n) is 7.80. The average molecular weight is 386 g/mol. The number of benzene rings is 5. The van der Waals surface area contributed by atoms with Crippen LogP contribution in [0.3, 0.4) is 0 Å². The highest BCUT2D eigenvalue weighted by Crippen LogP contribution is 2.33. The van der Waals surface area contributed by atoms with Gasteiger partial charge in [0.1, 0.15) is 23.0 Å². The lowest BCUT2D eigenvalue weighted by atomic mass is 9.40. The van der Waals surface area contributed by atoms with E-state index in [-0.39, 0.29) is 6.71 Å². The number of hydrogen-bond acceptors (Lipinski definition) is 2. The van der Waals surface area contributed by atoms with Crippen molar-refractivity contribution in [2.75, 3.05) is 0 Å². The Kier molecular flexibility index (Phi) is 3.82. The summed E-state index contributed by atoms with van der Waals surface area (Å²) in [6.45, 7) is 2.39. The van der Waals surface area contributed by atoms with Gasteiger partial charge in [0.2, 0.25) is 6.71 Å².